The normalized spacial score (nSPS) is 10.4. The van der Waals surface area contributed by atoms with Gasteiger partial charge in [0.1, 0.15) is 0 Å². The van der Waals surface area contributed by atoms with Gasteiger partial charge in [-0.15, -0.1) is 11.8 Å². The Balaban J connectivity index is 1.94. The molecule has 0 saturated heterocycles. The molecule has 0 radical (unpaired) electrons. The highest BCUT2D eigenvalue weighted by Gasteiger charge is 2.11. The van der Waals surface area contributed by atoms with Crippen LogP contribution in [0.25, 0.3) is 0 Å². The minimum atomic E-state index is -0.132. The Morgan fingerprint density at radius 2 is 1.84 bits per heavy atom. The Morgan fingerprint density at radius 1 is 1.16 bits per heavy atom. The lowest BCUT2D eigenvalue weighted by molar-refractivity contribution is -0.113. The van der Waals surface area contributed by atoms with Gasteiger partial charge in [0.15, 0.2) is 11.5 Å². The molecule has 0 unspecified atom stereocenters. The van der Waals surface area contributed by atoms with Gasteiger partial charge in [0.2, 0.25) is 5.91 Å². The number of carbonyl (C=O) groups excluding carboxylic acids is 1. The van der Waals surface area contributed by atoms with Crippen LogP contribution in [0.15, 0.2) is 30.3 Å². The van der Waals surface area contributed by atoms with Crippen LogP contribution in [0.4, 0.5) is 5.69 Å². The van der Waals surface area contributed by atoms with E-state index in [4.69, 9.17) is 32.7 Å². The molecular formula is C18H19Cl2NO3S. The lowest BCUT2D eigenvalue weighted by atomic mass is 10.1. The first-order valence-electron chi connectivity index (χ1n) is 7.49. The quantitative estimate of drug-likeness (QED) is 0.695. The van der Waals surface area contributed by atoms with Crippen molar-refractivity contribution in [1.29, 1.82) is 0 Å². The van der Waals surface area contributed by atoms with Gasteiger partial charge in [-0.1, -0.05) is 29.3 Å². The average molecular weight is 400 g/mol. The predicted octanol–water partition coefficient (Wildman–Crippen LogP) is 5.19. The van der Waals surface area contributed by atoms with Crippen molar-refractivity contribution in [3.8, 4) is 11.5 Å². The van der Waals surface area contributed by atoms with E-state index in [2.05, 4.69) is 5.32 Å². The summed E-state index contributed by atoms with van der Waals surface area (Å²) < 4.78 is 10.6. The van der Waals surface area contributed by atoms with E-state index in [1.807, 2.05) is 19.1 Å². The number of carbonyl (C=O) groups is 1. The molecule has 2 rings (SSSR count). The number of benzene rings is 2. The summed E-state index contributed by atoms with van der Waals surface area (Å²) in [6, 6.07) is 9.00. The van der Waals surface area contributed by atoms with Crippen LogP contribution < -0.4 is 14.8 Å². The minimum absolute atomic E-state index is 0.132. The Kier molecular flexibility index (Phi) is 7.29. The second kappa shape index (κ2) is 9.22. The van der Waals surface area contributed by atoms with Crippen molar-refractivity contribution in [3.05, 3.63) is 51.5 Å². The zero-order valence-corrected chi connectivity index (χ0v) is 16.5. The Bertz CT molecular complexity index is 768. The van der Waals surface area contributed by atoms with E-state index < -0.39 is 0 Å². The van der Waals surface area contributed by atoms with E-state index >= 15 is 0 Å². The van der Waals surface area contributed by atoms with Crippen molar-refractivity contribution in [3.63, 3.8) is 0 Å². The molecule has 134 valence electrons. The fraction of sp³-hybridized carbons (Fsp3) is 0.278. The minimum Gasteiger partial charge on any atom is -0.493 e. The van der Waals surface area contributed by atoms with Crippen molar-refractivity contribution in [2.45, 2.75) is 12.7 Å². The van der Waals surface area contributed by atoms with Crippen LogP contribution in [0.2, 0.25) is 10.0 Å². The van der Waals surface area contributed by atoms with Crippen molar-refractivity contribution in [1.82, 2.24) is 0 Å². The molecule has 0 aliphatic heterocycles. The molecule has 7 heteroatoms. The standard InChI is InChI=1S/C18H19Cl2NO3S/c1-11-7-15(23-2)16(24-3)8-12(11)9-25-10-17(22)21-14-6-4-5-13(19)18(14)20/h4-8H,9-10H2,1-3H3,(H,21,22). The van der Waals surface area contributed by atoms with Crippen LogP contribution >= 0.6 is 35.0 Å². The zero-order chi connectivity index (χ0) is 18.4. The first-order chi connectivity index (χ1) is 12.0. The van der Waals surface area contributed by atoms with Crippen LogP contribution in [0.3, 0.4) is 0 Å². The molecule has 0 aromatic heterocycles. The average Bonchev–Trinajstić information content (AvgIpc) is 2.60. The number of aryl methyl sites for hydroxylation is 1. The second-order valence-corrected chi connectivity index (χ2v) is 7.05. The molecule has 2 aromatic rings. The van der Waals surface area contributed by atoms with Gasteiger partial charge in [-0.25, -0.2) is 0 Å². The summed E-state index contributed by atoms with van der Waals surface area (Å²) in [5.41, 5.74) is 2.70. The summed E-state index contributed by atoms with van der Waals surface area (Å²) in [4.78, 5) is 12.1. The third-order valence-electron chi connectivity index (χ3n) is 3.56. The molecule has 0 aliphatic carbocycles. The summed E-state index contributed by atoms with van der Waals surface area (Å²) >= 11 is 13.5. The number of hydrogen-bond donors (Lipinski definition) is 1. The first kappa shape index (κ1) is 19.8. The Morgan fingerprint density at radius 3 is 2.52 bits per heavy atom. The van der Waals surface area contributed by atoms with Gasteiger partial charge in [0, 0.05) is 5.75 Å². The molecule has 0 fully saturated rings. The van der Waals surface area contributed by atoms with Gasteiger partial charge < -0.3 is 14.8 Å². The number of thioether (sulfide) groups is 1. The zero-order valence-electron chi connectivity index (χ0n) is 14.2. The van der Waals surface area contributed by atoms with Gasteiger partial charge in [0.05, 0.1) is 35.7 Å². The van der Waals surface area contributed by atoms with Gasteiger partial charge in [-0.05, 0) is 42.3 Å². The van der Waals surface area contributed by atoms with Crippen LogP contribution in [0.5, 0.6) is 11.5 Å². The summed E-state index contributed by atoms with van der Waals surface area (Å²) in [5.74, 6) is 2.23. The van der Waals surface area contributed by atoms with Crippen LogP contribution in [0.1, 0.15) is 11.1 Å². The monoisotopic (exact) mass is 399 g/mol. The predicted molar refractivity (Wildman–Crippen MR) is 106 cm³/mol. The number of anilines is 1. The molecule has 0 bridgehead atoms. The first-order valence-corrected chi connectivity index (χ1v) is 9.40. The summed E-state index contributed by atoms with van der Waals surface area (Å²) in [6.45, 7) is 2.00. The molecule has 0 aliphatic rings. The molecular weight excluding hydrogens is 381 g/mol. The van der Waals surface area contributed by atoms with Gasteiger partial charge >= 0.3 is 0 Å². The lowest BCUT2D eigenvalue weighted by Crippen LogP contribution is -2.14. The maximum atomic E-state index is 12.1. The maximum Gasteiger partial charge on any atom is 0.234 e. The summed E-state index contributed by atoms with van der Waals surface area (Å²) in [5, 5.41) is 3.53. The van der Waals surface area contributed by atoms with Crippen molar-refractivity contribution < 1.29 is 14.3 Å². The van der Waals surface area contributed by atoms with Crippen LogP contribution in [0, 0.1) is 6.92 Å². The SMILES string of the molecule is COc1cc(C)c(CSCC(=O)Nc2cccc(Cl)c2Cl)cc1OC. The topological polar surface area (TPSA) is 47.6 Å². The lowest BCUT2D eigenvalue weighted by Gasteiger charge is -2.13. The highest BCUT2D eigenvalue weighted by Crippen LogP contribution is 2.32. The van der Waals surface area contributed by atoms with Crippen LogP contribution in [-0.2, 0) is 10.5 Å². The molecule has 0 spiro atoms. The van der Waals surface area contributed by atoms with Crippen molar-refractivity contribution in [2.24, 2.45) is 0 Å². The molecule has 2 aromatic carbocycles. The van der Waals surface area contributed by atoms with E-state index in [0.29, 0.717) is 38.7 Å². The largest absolute Gasteiger partial charge is 0.493 e. The highest BCUT2D eigenvalue weighted by molar-refractivity contribution is 7.99. The molecule has 0 atom stereocenters. The maximum absolute atomic E-state index is 12.1. The van der Waals surface area contributed by atoms with E-state index in [0.717, 1.165) is 11.1 Å². The Labute approximate surface area is 161 Å². The van der Waals surface area contributed by atoms with Gasteiger partial charge in [-0.2, -0.15) is 0 Å². The highest BCUT2D eigenvalue weighted by atomic mass is 35.5. The van der Waals surface area contributed by atoms with Crippen LogP contribution in [-0.4, -0.2) is 25.9 Å². The van der Waals surface area contributed by atoms with E-state index in [1.54, 1.807) is 32.4 Å². The molecule has 4 nitrogen and oxygen atoms in total. The number of nitrogens with one attached hydrogen (secondary N) is 1. The summed E-state index contributed by atoms with van der Waals surface area (Å²) in [6.07, 6.45) is 0. The number of hydrogen-bond acceptors (Lipinski definition) is 4. The molecule has 25 heavy (non-hydrogen) atoms. The third kappa shape index (κ3) is 5.21. The molecule has 0 heterocycles. The van der Waals surface area contributed by atoms with E-state index in [9.17, 15) is 4.79 Å². The second-order valence-electron chi connectivity index (χ2n) is 5.28. The number of halogens is 2. The van der Waals surface area contributed by atoms with Crippen molar-refractivity contribution in [2.75, 3.05) is 25.3 Å². The fourth-order valence-electron chi connectivity index (χ4n) is 2.22. The fourth-order valence-corrected chi connectivity index (χ4v) is 3.46. The van der Waals surface area contributed by atoms with Gasteiger partial charge in [-0.3, -0.25) is 4.79 Å². The Hall–Kier alpha value is -1.56. The van der Waals surface area contributed by atoms with E-state index in [1.165, 1.54) is 11.8 Å². The number of ether oxygens (including phenoxy) is 2. The smallest absolute Gasteiger partial charge is 0.234 e. The van der Waals surface area contributed by atoms with Gasteiger partial charge in [0.25, 0.3) is 0 Å². The third-order valence-corrected chi connectivity index (χ3v) is 5.36. The molecule has 1 amide bonds. The summed E-state index contributed by atoms with van der Waals surface area (Å²) in [7, 11) is 3.21. The van der Waals surface area contributed by atoms with E-state index in [-0.39, 0.29) is 5.91 Å². The number of amides is 1. The molecule has 1 N–H and O–H groups in total. The number of methoxy groups -OCH3 is 2. The molecule has 0 saturated carbocycles. The van der Waals surface area contributed by atoms with Crippen molar-refractivity contribution >= 4 is 46.6 Å². The number of rotatable bonds is 7.